The Balaban J connectivity index is 1.72. The summed E-state index contributed by atoms with van der Waals surface area (Å²) in [4.78, 5) is 0. The minimum absolute atomic E-state index is 0.0339. The van der Waals surface area contributed by atoms with Crippen LogP contribution in [0.25, 0.3) is 0 Å². The van der Waals surface area contributed by atoms with Crippen molar-refractivity contribution in [2.75, 3.05) is 19.7 Å². The van der Waals surface area contributed by atoms with Crippen molar-refractivity contribution < 1.29 is 4.74 Å². The monoisotopic (exact) mass is 224 g/mol. The van der Waals surface area contributed by atoms with Gasteiger partial charge < -0.3 is 10.1 Å². The molecule has 1 atom stereocenters. The van der Waals surface area contributed by atoms with Gasteiger partial charge in [-0.25, -0.2) is 0 Å². The quantitative estimate of drug-likeness (QED) is 0.658. The first-order valence-corrected chi connectivity index (χ1v) is 6.97. The van der Waals surface area contributed by atoms with E-state index in [-0.39, 0.29) is 5.72 Å². The SMILES string of the molecule is C1CCC2(CC1)CCOC1(CCCNC1)N2. The summed E-state index contributed by atoms with van der Waals surface area (Å²) in [7, 11) is 0. The minimum Gasteiger partial charge on any atom is -0.359 e. The van der Waals surface area contributed by atoms with Crippen molar-refractivity contribution >= 4 is 0 Å². The van der Waals surface area contributed by atoms with Gasteiger partial charge in [-0.15, -0.1) is 0 Å². The van der Waals surface area contributed by atoms with Crippen molar-refractivity contribution in [2.24, 2.45) is 0 Å². The van der Waals surface area contributed by atoms with Gasteiger partial charge in [0, 0.05) is 12.1 Å². The van der Waals surface area contributed by atoms with Crippen LogP contribution in [0.15, 0.2) is 0 Å². The molecule has 0 radical (unpaired) electrons. The molecule has 92 valence electrons. The maximum absolute atomic E-state index is 6.06. The lowest BCUT2D eigenvalue weighted by Gasteiger charge is -2.52. The van der Waals surface area contributed by atoms with E-state index in [4.69, 9.17) is 4.74 Å². The Morgan fingerprint density at radius 1 is 0.875 bits per heavy atom. The molecule has 2 N–H and O–H groups in total. The van der Waals surface area contributed by atoms with Crippen LogP contribution in [0.4, 0.5) is 0 Å². The molecule has 0 aromatic carbocycles. The van der Waals surface area contributed by atoms with Gasteiger partial charge in [0.15, 0.2) is 0 Å². The van der Waals surface area contributed by atoms with E-state index < -0.39 is 0 Å². The summed E-state index contributed by atoms with van der Waals surface area (Å²) in [5.74, 6) is 0. The molecule has 0 aromatic rings. The van der Waals surface area contributed by atoms with Crippen LogP contribution in [-0.4, -0.2) is 31.0 Å². The van der Waals surface area contributed by atoms with Crippen LogP contribution >= 0.6 is 0 Å². The van der Waals surface area contributed by atoms with Gasteiger partial charge >= 0.3 is 0 Å². The predicted molar refractivity (Wildman–Crippen MR) is 64.4 cm³/mol. The number of ether oxygens (including phenoxy) is 1. The van der Waals surface area contributed by atoms with Gasteiger partial charge in [-0.2, -0.15) is 0 Å². The molecular formula is C13H24N2O. The Hall–Kier alpha value is -0.120. The zero-order valence-electron chi connectivity index (χ0n) is 10.2. The third kappa shape index (κ3) is 2.01. The second-order valence-corrected chi connectivity index (χ2v) is 5.84. The molecule has 0 bridgehead atoms. The molecule has 2 spiro atoms. The molecule has 16 heavy (non-hydrogen) atoms. The highest BCUT2D eigenvalue weighted by Gasteiger charge is 2.45. The zero-order chi connectivity index (χ0) is 10.9. The fraction of sp³-hybridized carbons (Fsp3) is 1.00. The Bertz CT molecular complexity index is 207. The first-order chi connectivity index (χ1) is 7.83. The van der Waals surface area contributed by atoms with Crippen LogP contribution in [-0.2, 0) is 4.74 Å². The second kappa shape index (κ2) is 4.28. The van der Waals surface area contributed by atoms with Crippen LogP contribution in [0.1, 0.15) is 51.4 Å². The molecule has 1 saturated carbocycles. The summed E-state index contributed by atoms with van der Waals surface area (Å²) >= 11 is 0. The second-order valence-electron chi connectivity index (χ2n) is 5.84. The van der Waals surface area contributed by atoms with Crippen LogP contribution in [0.5, 0.6) is 0 Å². The van der Waals surface area contributed by atoms with Crippen LogP contribution in [0.2, 0.25) is 0 Å². The van der Waals surface area contributed by atoms with Crippen molar-refractivity contribution in [2.45, 2.75) is 62.6 Å². The molecule has 1 aliphatic carbocycles. The molecule has 0 amide bonds. The fourth-order valence-corrected chi connectivity index (χ4v) is 3.73. The van der Waals surface area contributed by atoms with Gasteiger partial charge in [0.25, 0.3) is 0 Å². The van der Waals surface area contributed by atoms with E-state index >= 15 is 0 Å². The topological polar surface area (TPSA) is 33.3 Å². The summed E-state index contributed by atoms with van der Waals surface area (Å²) in [5, 5.41) is 7.38. The molecule has 2 aliphatic heterocycles. The van der Waals surface area contributed by atoms with Crippen LogP contribution in [0.3, 0.4) is 0 Å². The summed E-state index contributed by atoms with van der Waals surface area (Å²) in [6.07, 6.45) is 10.6. The van der Waals surface area contributed by atoms with Crippen molar-refractivity contribution in [1.82, 2.24) is 10.6 Å². The minimum atomic E-state index is -0.0339. The Labute approximate surface area is 98.3 Å². The molecule has 3 aliphatic rings. The molecule has 3 nitrogen and oxygen atoms in total. The van der Waals surface area contributed by atoms with E-state index in [2.05, 4.69) is 10.6 Å². The maximum Gasteiger partial charge on any atom is 0.132 e. The summed E-state index contributed by atoms with van der Waals surface area (Å²) in [6, 6.07) is 0. The smallest absolute Gasteiger partial charge is 0.132 e. The third-order valence-corrected chi connectivity index (χ3v) is 4.61. The largest absolute Gasteiger partial charge is 0.359 e. The number of hydrogen-bond donors (Lipinski definition) is 2. The van der Waals surface area contributed by atoms with Gasteiger partial charge in [-0.1, -0.05) is 19.3 Å². The number of piperidine rings is 1. The third-order valence-electron chi connectivity index (χ3n) is 4.61. The van der Waals surface area contributed by atoms with E-state index in [1.165, 1.54) is 51.4 Å². The van der Waals surface area contributed by atoms with Gasteiger partial charge in [0.05, 0.1) is 6.61 Å². The summed E-state index contributed by atoms with van der Waals surface area (Å²) in [5.41, 5.74) is 0.378. The summed E-state index contributed by atoms with van der Waals surface area (Å²) in [6.45, 7) is 3.10. The lowest BCUT2D eigenvalue weighted by atomic mass is 9.77. The van der Waals surface area contributed by atoms with Gasteiger partial charge in [0.1, 0.15) is 5.72 Å². The lowest BCUT2D eigenvalue weighted by Crippen LogP contribution is -2.68. The molecule has 3 heteroatoms. The fourth-order valence-electron chi connectivity index (χ4n) is 3.73. The number of rotatable bonds is 0. The average molecular weight is 224 g/mol. The van der Waals surface area contributed by atoms with E-state index in [9.17, 15) is 0 Å². The van der Waals surface area contributed by atoms with Crippen molar-refractivity contribution in [3.8, 4) is 0 Å². The highest BCUT2D eigenvalue weighted by molar-refractivity contribution is 5.00. The predicted octanol–water partition coefficient (Wildman–Crippen LogP) is 1.78. The maximum atomic E-state index is 6.06. The lowest BCUT2D eigenvalue weighted by molar-refractivity contribution is -0.148. The first kappa shape index (κ1) is 11.0. The van der Waals surface area contributed by atoms with Gasteiger partial charge in [0.2, 0.25) is 0 Å². The summed E-state index contributed by atoms with van der Waals surface area (Å²) < 4.78 is 6.06. The molecule has 1 unspecified atom stereocenters. The van der Waals surface area contributed by atoms with E-state index in [0.29, 0.717) is 5.54 Å². The molecule has 0 aromatic heterocycles. The normalized spacial score (nSPS) is 39.0. The molecular weight excluding hydrogens is 200 g/mol. The van der Waals surface area contributed by atoms with Crippen LogP contribution < -0.4 is 10.6 Å². The standard InChI is InChI=1S/C13H24N2O/c1-2-5-12(6-3-1)8-10-16-13(15-12)7-4-9-14-11-13/h14-15H,1-11H2. The van der Waals surface area contributed by atoms with Crippen LogP contribution in [0, 0.1) is 0 Å². The molecule has 2 heterocycles. The number of hydrogen-bond acceptors (Lipinski definition) is 3. The Morgan fingerprint density at radius 2 is 1.75 bits per heavy atom. The highest BCUT2D eigenvalue weighted by atomic mass is 16.5. The van der Waals surface area contributed by atoms with E-state index in [0.717, 1.165) is 19.7 Å². The Morgan fingerprint density at radius 3 is 2.50 bits per heavy atom. The zero-order valence-corrected chi connectivity index (χ0v) is 10.2. The molecule has 3 rings (SSSR count). The molecule has 3 fully saturated rings. The van der Waals surface area contributed by atoms with Crippen molar-refractivity contribution in [3.63, 3.8) is 0 Å². The molecule has 2 saturated heterocycles. The van der Waals surface area contributed by atoms with E-state index in [1.54, 1.807) is 0 Å². The first-order valence-electron chi connectivity index (χ1n) is 6.97. The average Bonchev–Trinajstić information content (AvgIpc) is 2.31. The number of nitrogens with one attached hydrogen (secondary N) is 2. The van der Waals surface area contributed by atoms with Crippen molar-refractivity contribution in [1.29, 1.82) is 0 Å². The van der Waals surface area contributed by atoms with E-state index in [1.807, 2.05) is 0 Å². The Kier molecular flexibility index (Phi) is 2.94. The highest BCUT2D eigenvalue weighted by Crippen LogP contribution is 2.37. The van der Waals surface area contributed by atoms with Crippen molar-refractivity contribution in [3.05, 3.63) is 0 Å². The van der Waals surface area contributed by atoms with Gasteiger partial charge in [-0.3, -0.25) is 5.32 Å². The van der Waals surface area contributed by atoms with Gasteiger partial charge in [-0.05, 0) is 38.6 Å².